The summed E-state index contributed by atoms with van der Waals surface area (Å²) in [7, 11) is 0. The largest absolute Gasteiger partial charge is 0.424 e. The van der Waals surface area contributed by atoms with Crippen molar-refractivity contribution in [3.63, 3.8) is 0 Å². The quantitative estimate of drug-likeness (QED) is 0.119. The number of rotatable bonds is 11. The minimum Gasteiger partial charge on any atom is -0.424 e. The van der Waals surface area contributed by atoms with E-state index >= 15 is 0 Å². The summed E-state index contributed by atoms with van der Waals surface area (Å²) in [6.45, 7) is 7.01. The lowest BCUT2D eigenvalue weighted by Gasteiger charge is -2.44. The Bertz CT molecular complexity index is 2910. The second-order valence-electron chi connectivity index (χ2n) is 17.0. The Morgan fingerprint density at radius 1 is 0.776 bits per heavy atom. The molecule has 9 rings (SSSR count). The monoisotopic (exact) mass is 920 g/mol. The summed E-state index contributed by atoms with van der Waals surface area (Å²) in [6, 6.07) is 14.6. The predicted octanol–water partition coefficient (Wildman–Crippen LogP) is 8.36. The molecule has 67 heavy (non-hydrogen) atoms. The Morgan fingerprint density at radius 2 is 1.49 bits per heavy atom. The van der Waals surface area contributed by atoms with Crippen LogP contribution in [0.1, 0.15) is 76.6 Å². The number of aryl methyl sites for hydroxylation is 1. The molecule has 2 saturated heterocycles. The molecule has 2 amide bonds. The molecule has 2 fully saturated rings. The number of halogens is 5. The van der Waals surface area contributed by atoms with Gasteiger partial charge in [0.05, 0.1) is 46.9 Å². The number of benzene rings is 3. The summed E-state index contributed by atoms with van der Waals surface area (Å²) in [5.74, 6) is -2.02. The fourth-order valence-electron chi connectivity index (χ4n) is 9.21. The van der Waals surface area contributed by atoms with Gasteiger partial charge in [-0.05, 0) is 80.5 Å². The van der Waals surface area contributed by atoms with E-state index in [1.807, 2.05) is 36.9 Å². The third kappa shape index (κ3) is 9.37. The SMILES string of the molecule is Cc1ccc(-c2nccc(C3CCN(C(=O)c4cc(F)ccc4-n4nccn4)C(CNc4ncc(C(F)(F)F)cn4)C3C)n2)c(C(=O)N2CCCC(C)C2CNc2nc3cc(F)ccc3o2)c1. The Labute approximate surface area is 380 Å². The van der Waals surface area contributed by atoms with Gasteiger partial charge in [0.1, 0.15) is 17.2 Å². The molecular formula is C47H45F5N12O3. The van der Waals surface area contributed by atoms with Gasteiger partial charge in [-0.15, -0.1) is 0 Å². The second kappa shape index (κ2) is 18.5. The smallest absolute Gasteiger partial charge is 0.419 e. The molecule has 0 spiro atoms. The van der Waals surface area contributed by atoms with Crippen molar-refractivity contribution in [3.8, 4) is 17.1 Å². The second-order valence-corrected chi connectivity index (χ2v) is 17.0. The summed E-state index contributed by atoms with van der Waals surface area (Å²) >= 11 is 0. The van der Waals surface area contributed by atoms with Gasteiger partial charge in [0.15, 0.2) is 11.4 Å². The lowest BCUT2D eigenvalue weighted by Crippen LogP contribution is -2.53. The van der Waals surface area contributed by atoms with Gasteiger partial charge < -0.3 is 24.9 Å². The summed E-state index contributed by atoms with van der Waals surface area (Å²) in [6.07, 6.45) is 3.37. The molecule has 0 saturated carbocycles. The summed E-state index contributed by atoms with van der Waals surface area (Å²) in [5, 5.41) is 14.6. The number of nitrogens with one attached hydrogen (secondary N) is 2. The predicted molar refractivity (Wildman–Crippen MR) is 236 cm³/mol. The third-order valence-corrected chi connectivity index (χ3v) is 12.7. The number of piperidine rings is 2. The summed E-state index contributed by atoms with van der Waals surface area (Å²) < 4.78 is 74.5. The normalized spacial score (nSPS) is 20.0. The fraction of sp³-hybridized carbons (Fsp3) is 0.340. The zero-order valence-electron chi connectivity index (χ0n) is 36.6. The van der Waals surface area contributed by atoms with Crippen molar-refractivity contribution in [1.29, 1.82) is 0 Å². The number of nitrogens with zero attached hydrogens (tertiary/aromatic N) is 10. The molecule has 0 radical (unpaired) electrons. The molecule has 5 atom stereocenters. The van der Waals surface area contributed by atoms with Crippen LogP contribution in [-0.4, -0.2) is 99.8 Å². The number of hydrogen-bond donors (Lipinski definition) is 2. The number of carbonyl (C=O) groups excluding carboxylic acids is 2. The van der Waals surface area contributed by atoms with E-state index in [0.717, 1.165) is 24.5 Å². The van der Waals surface area contributed by atoms with Crippen LogP contribution < -0.4 is 10.6 Å². The summed E-state index contributed by atoms with van der Waals surface area (Å²) in [5.41, 5.74) is 2.57. The number of hydrogen-bond acceptors (Lipinski definition) is 12. The van der Waals surface area contributed by atoms with Gasteiger partial charge in [-0.3, -0.25) is 9.59 Å². The van der Waals surface area contributed by atoms with E-state index in [1.165, 1.54) is 47.5 Å². The molecule has 2 N–H and O–H groups in total. The Kier molecular flexibility index (Phi) is 12.4. The van der Waals surface area contributed by atoms with Crippen LogP contribution >= 0.6 is 0 Å². The van der Waals surface area contributed by atoms with Gasteiger partial charge in [0.2, 0.25) is 5.95 Å². The van der Waals surface area contributed by atoms with Crippen molar-refractivity contribution in [2.75, 3.05) is 36.8 Å². The highest BCUT2D eigenvalue weighted by molar-refractivity contribution is 6.01. The molecule has 3 aromatic carbocycles. The van der Waals surface area contributed by atoms with E-state index in [4.69, 9.17) is 9.40 Å². The average molecular weight is 921 g/mol. The topological polar surface area (TPSA) is 173 Å². The summed E-state index contributed by atoms with van der Waals surface area (Å²) in [4.78, 5) is 55.9. The molecule has 7 aromatic rings. The molecule has 2 aliphatic rings. The van der Waals surface area contributed by atoms with Crippen LogP contribution in [0.3, 0.4) is 0 Å². The number of likely N-dealkylation sites (tertiary alicyclic amines) is 2. The Hall–Kier alpha value is -7.38. The van der Waals surface area contributed by atoms with Gasteiger partial charge in [-0.1, -0.05) is 31.5 Å². The maximum absolute atomic E-state index is 14.8. The highest BCUT2D eigenvalue weighted by Gasteiger charge is 2.41. The van der Waals surface area contributed by atoms with Crippen LogP contribution in [-0.2, 0) is 6.18 Å². The van der Waals surface area contributed by atoms with Crippen LogP contribution in [0.25, 0.3) is 28.2 Å². The van der Waals surface area contributed by atoms with Crippen LogP contribution in [0.2, 0.25) is 0 Å². The maximum Gasteiger partial charge on any atom is 0.419 e. The minimum atomic E-state index is -4.63. The van der Waals surface area contributed by atoms with Gasteiger partial charge in [0, 0.05) is 68.0 Å². The fourth-order valence-corrected chi connectivity index (χ4v) is 9.21. The van der Waals surface area contributed by atoms with Crippen molar-refractivity contribution in [3.05, 3.63) is 131 Å². The standard InChI is InChI=1S/C47H45F5N12O3/c1-26-6-9-33(34(19-26)43(65)62-17-4-5-27(2)39(62)24-57-46-61-37-21-31(49)8-11-41(37)67-46)42-53-14-12-36(60-42)32-13-18-63(44(66)35-20-30(48)7-10-38(35)64-58-15-16-59-64)40(28(32)3)25-56-45-54-22-29(23-55-45)47(50,51)52/h6-12,14-16,19-23,27-28,32,39-40H,4-5,13,17-18,24-25H2,1-3H3,(H,57,61)(H,54,55,56). The van der Waals surface area contributed by atoms with Gasteiger partial charge >= 0.3 is 6.18 Å². The van der Waals surface area contributed by atoms with Crippen molar-refractivity contribution >= 4 is 34.9 Å². The number of anilines is 2. The first-order chi connectivity index (χ1) is 32.2. The average Bonchev–Trinajstić information content (AvgIpc) is 4.00. The van der Waals surface area contributed by atoms with E-state index in [1.54, 1.807) is 17.2 Å². The van der Waals surface area contributed by atoms with E-state index in [2.05, 4.69) is 47.7 Å². The molecule has 5 unspecified atom stereocenters. The number of carbonyl (C=O) groups is 2. The molecular weight excluding hydrogens is 876 g/mol. The molecule has 0 bridgehead atoms. The van der Waals surface area contributed by atoms with Crippen molar-refractivity contribution < 1.29 is 36.0 Å². The van der Waals surface area contributed by atoms with E-state index < -0.39 is 35.3 Å². The minimum absolute atomic E-state index is 0.0162. The van der Waals surface area contributed by atoms with E-state index in [0.29, 0.717) is 65.6 Å². The number of oxazole rings is 1. The lowest BCUT2D eigenvalue weighted by atomic mass is 9.78. The molecule has 4 aromatic heterocycles. The maximum atomic E-state index is 14.8. The van der Waals surface area contributed by atoms with Crippen molar-refractivity contribution in [2.45, 2.75) is 64.2 Å². The molecule has 15 nitrogen and oxygen atoms in total. The van der Waals surface area contributed by atoms with Gasteiger partial charge in [0.25, 0.3) is 17.8 Å². The highest BCUT2D eigenvalue weighted by Crippen LogP contribution is 2.39. The zero-order chi connectivity index (χ0) is 47.0. The number of aromatic nitrogens is 8. The van der Waals surface area contributed by atoms with Crippen LogP contribution in [0, 0.1) is 30.4 Å². The van der Waals surface area contributed by atoms with Gasteiger partial charge in [-0.25, -0.2) is 28.7 Å². The van der Waals surface area contributed by atoms with Crippen molar-refractivity contribution in [1.82, 2.24) is 49.7 Å². The van der Waals surface area contributed by atoms with Crippen LogP contribution in [0.5, 0.6) is 0 Å². The third-order valence-electron chi connectivity index (χ3n) is 12.7. The first-order valence-electron chi connectivity index (χ1n) is 21.9. The lowest BCUT2D eigenvalue weighted by molar-refractivity contribution is -0.138. The zero-order valence-corrected chi connectivity index (χ0v) is 36.6. The first-order valence-corrected chi connectivity index (χ1v) is 21.9. The molecule has 2 aliphatic heterocycles. The number of fused-ring (bicyclic) bond motifs is 1. The molecule has 0 aliphatic carbocycles. The first kappa shape index (κ1) is 44.8. The Morgan fingerprint density at radius 3 is 2.27 bits per heavy atom. The Balaban J connectivity index is 0.997. The molecule has 6 heterocycles. The van der Waals surface area contributed by atoms with E-state index in [-0.39, 0.29) is 66.0 Å². The van der Waals surface area contributed by atoms with Crippen LogP contribution in [0.15, 0.2) is 96.1 Å². The van der Waals surface area contributed by atoms with Crippen LogP contribution in [0.4, 0.5) is 33.9 Å². The number of amides is 2. The van der Waals surface area contributed by atoms with E-state index in [9.17, 15) is 31.5 Å². The van der Waals surface area contributed by atoms with Gasteiger partial charge in [-0.2, -0.15) is 33.1 Å². The van der Waals surface area contributed by atoms with Crippen molar-refractivity contribution in [2.24, 2.45) is 11.8 Å². The molecule has 20 heteroatoms. The number of alkyl halides is 3. The highest BCUT2D eigenvalue weighted by atomic mass is 19.4. The molecule has 346 valence electrons.